The minimum atomic E-state index is -0.183. The summed E-state index contributed by atoms with van der Waals surface area (Å²) in [6, 6.07) is 3.63. The molecule has 70 valence electrons. The predicted octanol–water partition coefficient (Wildman–Crippen LogP) is 1.95. The summed E-state index contributed by atoms with van der Waals surface area (Å²) in [6.45, 7) is 0. The smallest absolute Gasteiger partial charge is 0.316 e. The first-order chi connectivity index (χ1) is 6.33. The Hall–Kier alpha value is -1.25. The second-order valence-corrected chi connectivity index (χ2v) is 3.35. The van der Waals surface area contributed by atoms with Gasteiger partial charge >= 0.3 is 5.97 Å². The first-order valence-electron chi connectivity index (χ1n) is 4.44. The highest BCUT2D eigenvalue weighted by Gasteiger charge is 2.39. The number of hydrogen-bond acceptors (Lipinski definition) is 3. The maximum absolute atomic E-state index is 11.4. The van der Waals surface area contributed by atoms with Crippen molar-refractivity contribution in [2.45, 2.75) is 18.8 Å². The Kier molecular flexibility index (Phi) is 2.08. The lowest BCUT2D eigenvalue weighted by molar-refractivity contribution is -0.143. The molecule has 0 spiro atoms. The van der Waals surface area contributed by atoms with Crippen LogP contribution in [0.1, 0.15) is 24.5 Å². The Bertz CT molecular complexity index is 285. The molecule has 3 nitrogen and oxygen atoms in total. The molecule has 0 amide bonds. The summed E-state index contributed by atoms with van der Waals surface area (Å²) in [6.07, 6.45) is 3.79. The van der Waals surface area contributed by atoms with Crippen LogP contribution in [0, 0.1) is 5.92 Å². The largest absolute Gasteiger partial charge is 0.468 e. The molecule has 2 rings (SSSR count). The van der Waals surface area contributed by atoms with E-state index in [9.17, 15) is 4.79 Å². The summed E-state index contributed by atoms with van der Waals surface area (Å²) < 4.78 is 9.96. The third-order valence-electron chi connectivity index (χ3n) is 2.40. The highest BCUT2D eigenvalue weighted by atomic mass is 16.5. The summed E-state index contributed by atoms with van der Waals surface area (Å²) in [5.74, 6) is 0.797. The molecule has 0 aliphatic heterocycles. The quantitative estimate of drug-likeness (QED) is 0.667. The van der Waals surface area contributed by atoms with Gasteiger partial charge in [0.2, 0.25) is 0 Å². The third-order valence-corrected chi connectivity index (χ3v) is 2.40. The molecule has 1 unspecified atom stereocenters. The van der Waals surface area contributed by atoms with Crippen LogP contribution in [0.2, 0.25) is 0 Å². The summed E-state index contributed by atoms with van der Waals surface area (Å²) in [5, 5.41) is 0. The first kappa shape index (κ1) is 8.35. The van der Waals surface area contributed by atoms with Crippen LogP contribution >= 0.6 is 0 Å². The van der Waals surface area contributed by atoms with E-state index in [1.807, 2.05) is 6.07 Å². The van der Waals surface area contributed by atoms with Gasteiger partial charge in [-0.15, -0.1) is 0 Å². The predicted molar refractivity (Wildman–Crippen MR) is 46.2 cm³/mol. The Balaban J connectivity index is 2.18. The number of carbonyl (C=O) groups is 1. The Morgan fingerprint density at radius 2 is 2.46 bits per heavy atom. The van der Waals surface area contributed by atoms with Gasteiger partial charge in [0.25, 0.3) is 0 Å². The monoisotopic (exact) mass is 180 g/mol. The van der Waals surface area contributed by atoms with E-state index >= 15 is 0 Å². The van der Waals surface area contributed by atoms with E-state index in [1.165, 1.54) is 7.11 Å². The molecule has 1 aromatic rings. The highest BCUT2D eigenvalue weighted by Crippen LogP contribution is 2.43. The van der Waals surface area contributed by atoms with Crippen molar-refractivity contribution >= 4 is 5.97 Å². The lowest BCUT2D eigenvalue weighted by atomic mass is 10.0. The minimum absolute atomic E-state index is 0.181. The zero-order valence-electron chi connectivity index (χ0n) is 7.53. The van der Waals surface area contributed by atoms with Crippen molar-refractivity contribution in [2.75, 3.05) is 7.11 Å². The third kappa shape index (κ3) is 1.59. The second kappa shape index (κ2) is 3.24. The van der Waals surface area contributed by atoms with Crippen molar-refractivity contribution in [3.05, 3.63) is 24.2 Å². The normalized spacial score (nSPS) is 18.2. The molecular formula is C10H12O3. The summed E-state index contributed by atoms with van der Waals surface area (Å²) >= 11 is 0. The number of methoxy groups -OCH3 is 1. The maximum Gasteiger partial charge on any atom is 0.316 e. The van der Waals surface area contributed by atoms with E-state index in [4.69, 9.17) is 9.15 Å². The van der Waals surface area contributed by atoms with E-state index in [-0.39, 0.29) is 11.9 Å². The van der Waals surface area contributed by atoms with E-state index < -0.39 is 0 Å². The molecular weight excluding hydrogens is 168 g/mol. The molecule has 1 aromatic heterocycles. The fourth-order valence-corrected chi connectivity index (χ4v) is 1.57. The molecule has 1 fully saturated rings. The van der Waals surface area contributed by atoms with E-state index in [1.54, 1.807) is 12.3 Å². The molecule has 1 aliphatic carbocycles. The number of esters is 1. The molecule has 1 atom stereocenters. The van der Waals surface area contributed by atoms with Crippen molar-refractivity contribution in [2.24, 2.45) is 5.92 Å². The molecule has 0 radical (unpaired) electrons. The van der Waals surface area contributed by atoms with Crippen molar-refractivity contribution in [1.82, 2.24) is 0 Å². The van der Waals surface area contributed by atoms with E-state index in [2.05, 4.69) is 0 Å². The molecule has 1 aliphatic rings. The Morgan fingerprint density at radius 3 is 2.92 bits per heavy atom. The average molecular weight is 180 g/mol. The van der Waals surface area contributed by atoms with Crippen molar-refractivity contribution < 1.29 is 13.9 Å². The van der Waals surface area contributed by atoms with Crippen LogP contribution in [0.5, 0.6) is 0 Å². The van der Waals surface area contributed by atoms with Gasteiger partial charge in [-0.3, -0.25) is 4.79 Å². The number of carbonyl (C=O) groups excluding carboxylic acids is 1. The van der Waals surface area contributed by atoms with Gasteiger partial charge in [0.05, 0.1) is 13.4 Å². The van der Waals surface area contributed by atoms with Crippen LogP contribution in [0.15, 0.2) is 22.8 Å². The number of ether oxygens (including phenoxy) is 1. The van der Waals surface area contributed by atoms with Crippen LogP contribution in [-0.4, -0.2) is 13.1 Å². The van der Waals surface area contributed by atoms with Crippen LogP contribution in [0.3, 0.4) is 0 Å². The van der Waals surface area contributed by atoms with Gasteiger partial charge in [0, 0.05) is 0 Å². The number of hydrogen-bond donors (Lipinski definition) is 0. The van der Waals surface area contributed by atoms with E-state index in [0.29, 0.717) is 5.92 Å². The minimum Gasteiger partial charge on any atom is -0.468 e. The molecule has 1 saturated carbocycles. The zero-order valence-corrected chi connectivity index (χ0v) is 7.53. The molecule has 3 heteroatoms. The van der Waals surface area contributed by atoms with Crippen molar-refractivity contribution in [1.29, 1.82) is 0 Å². The fourth-order valence-electron chi connectivity index (χ4n) is 1.57. The molecule has 0 aromatic carbocycles. The molecule has 13 heavy (non-hydrogen) atoms. The first-order valence-corrected chi connectivity index (χ1v) is 4.44. The summed E-state index contributed by atoms with van der Waals surface area (Å²) in [5.41, 5.74) is 0. The molecule has 1 heterocycles. The van der Waals surface area contributed by atoms with E-state index in [0.717, 1.165) is 18.6 Å². The van der Waals surface area contributed by atoms with Crippen molar-refractivity contribution in [3.8, 4) is 0 Å². The van der Waals surface area contributed by atoms with Gasteiger partial charge in [0.15, 0.2) is 0 Å². The SMILES string of the molecule is COC(=O)C(c1ccco1)C1CC1. The Labute approximate surface area is 76.7 Å². The molecule has 0 saturated heterocycles. The highest BCUT2D eigenvalue weighted by molar-refractivity contribution is 5.78. The van der Waals surface area contributed by atoms with Crippen LogP contribution in [-0.2, 0) is 9.53 Å². The maximum atomic E-state index is 11.4. The lowest BCUT2D eigenvalue weighted by Crippen LogP contribution is -2.15. The summed E-state index contributed by atoms with van der Waals surface area (Å²) in [7, 11) is 1.42. The zero-order chi connectivity index (χ0) is 9.26. The van der Waals surface area contributed by atoms with Crippen LogP contribution in [0.25, 0.3) is 0 Å². The topological polar surface area (TPSA) is 39.4 Å². The number of furan rings is 1. The average Bonchev–Trinajstić information content (AvgIpc) is 2.81. The van der Waals surface area contributed by atoms with Gasteiger partial charge in [0.1, 0.15) is 11.7 Å². The van der Waals surface area contributed by atoms with Gasteiger partial charge < -0.3 is 9.15 Å². The van der Waals surface area contributed by atoms with Crippen molar-refractivity contribution in [3.63, 3.8) is 0 Å². The fraction of sp³-hybridized carbons (Fsp3) is 0.500. The second-order valence-electron chi connectivity index (χ2n) is 3.35. The number of rotatable bonds is 3. The lowest BCUT2D eigenvalue weighted by Gasteiger charge is -2.09. The van der Waals surface area contributed by atoms with Gasteiger partial charge in [-0.05, 0) is 30.9 Å². The van der Waals surface area contributed by atoms with Gasteiger partial charge in [-0.2, -0.15) is 0 Å². The summed E-state index contributed by atoms with van der Waals surface area (Å²) in [4.78, 5) is 11.4. The van der Waals surface area contributed by atoms with Crippen LogP contribution in [0.4, 0.5) is 0 Å². The molecule has 0 N–H and O–H groups in total. The Morgan fingerprint density at radius 1 is 1.69 bits per heavy atom. The van der Waals surface area contributed by atoms with Crippen LogP contribution < -0.4 is 0 Å². The van der Waals surface area contributed by atoms with Gasteiger partial charge in [-0.1, -0.05) is 0 Å². The molecule has 0 bridgehead atoms. The standard InChI is InChI=1S/C10H12O3/c1-12-10(11)9(7-4-5-7)8-3-2-6-13-8/h2-3,6-7,9H,4-5H2,1H3. The van der Waals surface area contributed by atoms with Gasteiger partial charge in [-0.25, -0.2) is 0 Å².